The number of hydrogen-bond acceptors (Lipinski definition) is 3. The molecule has 4 nitrogen and oxygen atoms in total. The molecule has 134 valence electrons. The maximum Gasteiger partial charge on any atom is 0.417 e. The molecule has 1 atom stereocenters. The first kappa shape index (κ1) is 18.7. The number of benzene rings is 1. The van der Waals surface area contributed by atoms with Gasteiger partial charge in [0.25, 0.3) is 0 Å². The molecule has 1 aromatic rings. The molecule has 0 saturated carbocycles. The first-order chi connectivity index (χ1) is 11.2. The molecule has 1 amide bonds. The largest absolute Gasteiger partial charge is 0.417 e. The summed E-state index contributed by atoms with van der Waals surface area (Å²) < 4.78 is 38.4. The normalized spacial score (nSPS) is 19.7. The van der Waals surface area contributed by atoms with Gasteiger partial charge in [0.2, 0.25) is 5.91 Å². The van der Waals surface area contributed by atoms with Crippen LogP contribution in [0, 0.1) is 0 Å². The fraction of sp³-hybridized carbons (Fsp3) is 0.588. The van der Waals surface area contributed by atoms with Crippen molar-refractivity contribution in [2.24, 2.45) is 0 Å². The molecule has 2 rings (SSSR count). The summed E-state index contributed by atoms with van der Waals surface area (Å²) in [7, 11) is 0. The molecule has 1 aliphatic heterocycles. The van der Waals surface area contributed by atoms with Crippen molar-refractivity contribution < 1.29 is 23.1 Å². The zero-order chi connectivity index (χ0) is 17.8. The third-order valence-electron chi connectivity index (χ3n) is 4.64. The second-order valence-corrected chi connectivity index (χ2v) is 6.27. The molecule has 0 spiro atoms. The fourth-order valence-electron chi connectivity index (χ4n) is 2.85. The Morgan fingerprint density at radius 3 is 2.42 bits per heavy atom. The van der Waals surface area contributed by atoms with Gasteiger partial charge < -0.3 is 10.4 Å². The third-order valence-corrected chi connectivity index (χ3v) is 4.64. The maximum atomic E-state index is 12.8. The van der Waals surface area contributed by atoms with E-state index in [0.717, 1.165) is 5.56 Å². The first-order valence-corrected chi connectivity index (χ1v) is 8.08. The van der Waals surface area contributed by atoms with Crippen LogP contribution in [0.4, 0.5) is 13.2 Å². The molecule has 1 fully saturated rings. The minimum atomic E-state index is -4.62. The maximum absolute atomic E-state index is 12.8. The van der Waals surface area contributed by atoms with Gasteiger partial charge in [0.1, 0.15) is 0 Å². The first-order valence-electron chi connectivity index (χ1n) is 8.08. The van der Waals surface area contributed by atoms with Gasteiger partial charge in [-0.25, -0.2) is 0 Å². The van der Waals surface area contributed by atoms with Crippen LogP contribution >= 0.6 is 0 Å². The highest BCUT2D eigenvalue weighted by Gasteiger charge is 2.54. The molecule has 1 aromatic carbocycles. The number of nitrogens with zero attached hydrogens (tertiary/aromatic N) is 1. The number of carbonyl (C=O) groups excluding carboxylic acids is 1. The summed E-state index contributed by atoms with van der Waals surface area (Å²) in [5, 5.41) is 12.5. The summed E-state index contributed by atoms with van der Waals surface area (Å²) in [5.74, 6) is -0.205. The van der Waals surface area contributed by atoms with E-state index in [0.29, 0.717) is 13.0 Å². The van der Waals surface area contributed by atoms with Crippen molar-refractivity contribution >= 4 is 5.91 Å². The Morgan fingerprint density at radius 1 is 1.29 bits per heavy atom. The summed E-state index contributed by atoms with van der Waals surface area (Å²) in [5.41, 5.74) is -1.52. The SMILES string of the molecule is CC(C(=O)NCCc1ccccc1)N1CCC(O)(C(F)(F)F)CC1. The van der Waals surface area contributed by atoms with Crippen molar-refractivity contribution in [1.82, 2.24) is 10.2 Å². The summed E-state index contributed by atoms with van der Waals surface area (Å²) >= 11 is 0. The molecule has 24 heavy (non-hydrogen) atoms. The number of likely N-dealkylation sites (tertiary alicyclic amines) is 1. The molecule has 0 aliphatic carbocycles. The van der Waals surface area contributed by atoms with Crippen molar-refractivity contribution in [2.45, 2.75) is 44.0 Å². The van der Waals surface area contributed by atoms with Gasteiger partial charge in [0.15, 0.2) is 5.60 Å². The number of amides is 1. The van der Waals surface area contributed by atoms with Crippen LogP contribution in [0.5, 0.6) is 0 Å². The summed E-state index contributed by atoms with van der Waals surface area (Å²) in [4.78, 5) is 13.8. The smallest absolute Gasteiger partial charge is 0.380 e. The van der Waals surface area contributed by atoms with Crippen LogP contribution in [0.1, 0.15) is 25.3 Å². The number of aliphatic hydroxyl groups is 1. The van der Waals surface area contributed by atoms with E-state index < -0.39 is 30.7 Å². The van der Waals surface area contributed by atoms with Gasteiger partial charge in [-0.3, -0.25) is 9.69 Å². The van der Waals surface area contributed by atoms with Crippen molar-refractivity contribution in [3.05, 3.63) is 35.9 Å². The topological polar surface area (TPSA) is 52.6 Å². The lowest BCUT2D eigenvalue weighted by molar-refractivity contribution is -0.273. The highest BCUT2D eigenvalue weighted by atomic mass is 19.4. The summed E-state index contributed by atoms with van der Waals surface area (Å²) in [6.07, 6.45) is -4.73. The van der Waals surface area contributed by atoms with Crippen LogP contribution in [0.2, 0.25) is 0 Å². The van der Waals surface area contributed by atoms with Gasteiger partial charge in [-0.1, -0.05) is 30.3 Å². The van der Waals surface area contributed by atoms with Crippen molar-refractivity contribution in [3.8, 4) is 0 Å². The van der Waals surface area contributed by atoms with Gasteiger partial charge in [0.05, 0.1) is 6.04 Å². The van der Waals surface area contributed by atoms with Crippen molar-refractivity contribution in [3.63, 3.8) is 0 Å². The Balaban J connectivity index is 1.78. The lowest BCUT2D eigenvalue weighted by Crippen LogP contribution is -2.57. The van der Waals surface area contributed by atoms with Gasteiger partial charge in [-0.15, -0.1) is 0 Å². The molecule has 1 aliphatic rings. The van der Waals surface area contributed by atoms with Crippen LogP contribution in [-0.2, 0) is 11.2 Å². The predicted octanol–water partition coefficient (Wildman–Crippen LogP) is 2.12. The zero-order valence-corrected chi connectivity index (χ0v) is 13.6. The standard InChI is InChI=1S/C17H23F3N2O2/c1-13(15(23)21-10-7-14-5-3-2-4-6-14)22-11-8-16(24,9-12-22)17(18,19)20/h2-6,13,24H,7-12H2,1H3,(H,21,23). The number of halogens is 3. The third kappa shape index (κ3) is 4.48. The second-order valence-electron chi connectivity index (χ2n) is 6.27. The van der Waals surface area contributed by atoms with Crippen molar-refractivity contribution in [1.29, 1.82) is 0 Å². The van der Waals surface area contributed by atoms with E-state index >= 15 is 0 Å². The Labute approximate surface area is 139 Å². The number of rotatable bonds is 5. The van der Waals surface area contributed by atoms with Crippen molar-refractivity contribution in [2.75, 3.05) is 19.6 Å². The molecule has 1 heterocycles. The quantitative estimate of drug-likeness (QED) is 0.860. The van der Waals surface area contributed by atoms with Crippen LogP contribution in [0.3, 0.4) is 0 Å². The van der Waals surface area contributed by atoms with E-state index in [2.05, 4.69) is 5.32 Å². The van der Waals surface area contributed by atoms with E-state index in [1.54, 1.807) is 11.8 Å². The predicted molar refractivity (Wildman–Crippen MR) is 84.4 cm³/mol. The van der Waals surface area contributed by atoms with Gasteiger partial charge >= 0.3 is 6.18 Å². The molecular weight excluding hydrogens is 321 g/mol. The lowest BCUT2D eigenvalue weighted by atomic mass is 9.90. The van der Waals surface area contributed by atoms with Crippen LogP contribution in [0.25, 0.3) is 0 Å². The zero-order valence-electron chi connectivity index (χ0n) is 13.6. The van der Waals surface area contributed by atoms with Crippen LogP contribution < -0.4 is 5.32 Å². The molecule has 2 N–H and O–H groups in total. The highest BCUT2D eigenvalue weighted by Crippen LogP contribution is 2.38. The van der Waals surface area contributed by atoms with E-state index in [4.69, 9.17) is 0 Å². The van der Waals surface area contributed by atoms with Gasteiger partial charge in [-0.05, 0) is 31.7 Å². The van der Waals surface area contributed by atoms with Crippen LogP contribution in [0.15, 0.2) is 30.3 Å². The molecule has 0 aromatic heterocycles. The molecular formula is C17H23F3N2O2. The molecule has 0 radical (unpaired) electrons. The Bertz CT molecular complexity index is 541. The number of carbonyl (C=O) groups is 1. The Morgan fingerprint density at radius 2 is 1.88 bits per heavy atom. The van der Waals surface area contributed by atoms with Gasteiger partial charge in [0, 0.05) is 19.6 Å². The van der Waals surface area contributed by atoms with Crippen LogP contribution in [-0.4, -0.2) is 53.4 Å². The van der Waals surface area contributed by atoms with E-state index in [-0.39, 0.29) is 19.0 Å². The number of nitrogens with one attached hydrogen (secondary N) is 1. The second kappa shape index (κ2) is 7.53. The van der Waals surface area contributed by atoms with E-state index in [1.807, 2.05) is 30.3 Å². The minimum absolute atomic E-state index is 0.0449. The fourth-order valence-corrected chi connectivity index (χ4v) is 2.85. The molecule has 0 bridgehead atoms. The minimum Gasteiger partial charge on any atom is -0.380 e. The summed E-state index contributed by atoms with van der Waals surface area (Å²) in [6.45, 7) is 2.25. The lowest BCUT2D eigenvalue weighted by Gasteiger charge is -2.40. The summed E-state index contributed by atoms with van der Waals surface area (Å²) in [6, 6.07) is 9.20. The highest BCUT2D eigenvalue weighted by molar-refractivity contribution is 5.81. The average molecular weight is 344 g/mol. The average Bonchev–Trinajstić information content (AvgIpc) is 2.55. The number of piperidine rings is 1. The van der Waals surface area contributed by atoms with E-state index in [1.165, 1.54) is 0 Å². The van der Waals surface area contributed by atoms with E-state index in [9.17, 15) is 23.1 Å². The molecule has 1 saturated heterocycles. The molecule has 1 unspecified atom stereocenters. The molecule has 7 heteroatoms. The number of hydrogen-bond donors (Lipinski definition) is 2. The Hall–Kier alpha value is -1.60. The Kier molecular flexibility index (Phi) is 5.87. The monoisotopic (exact) mass is 344 g/mol. The van der Waals surface area contributed by atoms with Gasteiger partial charge in [-0.2, -0.15) is 13.2 Å². The number of alkyl halides is 3.